The zero-order valence-corrected chi connectivity index (χ0v) is 17.1. The van der Waals surface area contributed by atoms with Crippen LogP contribution in [-0.2, 0) is 26.8 Å². The Morgan fingerprint density at radius 1 is 0.966 bits per heavy atom. The van der Waals surface area contributed by atoms with Crippen LogP contribution in [0.3, 0.4) is 0 Å². The van der Waals surface area contributed by atoms with Crippen molar-refractivity contribution >= 4 is 15.7 Å². The minimum absolute atomic E-state index is 0.0696. The van der Waals surface area contributed by atoms with Gasteiger partial charge in [-0.15, -0.1) is 5.10 Å². The van der Waals surface area contributed by atoms with Crippen LogP contribution in [0.25, 0.3) is 0 Å². The minimum Gasteiger partial charge on any atom is -0.410 e. The monoisotopic (exact) mass is 413 g/mol. The van der Waals surface area contributed by atoms with E-state index in [0.29, 0.717) is 5.56 Å². The summed E-state index contributed by atoms with van der Waals surface area (Å²) in [5.41, 5.74) is 1.51. The molecule has 3 aromatic rings. The zero-order valence-electron chi connectivity index (χ0n) is 16.3. The number of carbonyl (C=O) groups excluding carboxylic acids is 1. The standard InChI is InChI=1S/C21H23N3O4S/c1-15(2)19(22-18(25)13-16-9-5-3-6-10-16)20-23-24-21(28-20)29(26,27)14-17-11-7-4-8-12-17/h3-12,15,19H,13-14H2,1-2H3,(H,22,25)/t19-/m0/s1. The molecule has 1 N–H and O–H groups in total. The highest BCUT2D eigenvalue weighted by molar-refractivity contribution is 7.90. The topological polar surface area (TPSA) is 102 Å². The molecule has 8 heteroatoms. The highest BCUT2D eigenvalue weighted by atomic mass is 32.2. The summed E-state index contributed by atoms with van der Waals surface area (Å²) in [5.74, 6) is -0.433. The lowest BCUT2D eigenvalue weighted by molar-refractivity contribution is -0.121. The van der Waals surface area contributed by atoms with E-state index in [0.717, 1.165) is 5.56 Å². The Bertz CT molecular complexity index is 1050. The van der Waals surface area contributed by atoms with Crippen LogP contribution in [0.2, 0.25) is 0 Å². The van der Waals surface area contributed by atoms with E-state index < -0.39 is 21.1 Å². The third kappa shape index (κ3) is 5.51. The maximum Gasteiger partial charge on any atom is 0.335 e. The first kappa shape index (κ1) is 20.7. The van der Waals surface area contributed by atoms with Gasteiger partial charge in [0.25, 0.3) is 0 Å². The predicted molar refractivity (Wildman–Crippen MR) is 107 cm³/mol. The molecule has 29 heavy (non-hydrogen) atoms. The van der Waals surface area contributed by atoms with E-state index in [-0.39, 0.29) is 29.9 Å². The second-order valence-electron chi connectivity index (χ2n) is 7.10. The average Bonchev–Trinajstić information content (AvgIpc) is 3.18. The molecule has 152 valence electrons. The summed E-state index contributed by atoms with van der Waals surface area (Å²) in [5, 5.41) is 10.0. The second-order valence-corrected chi connectivity index (χ2v) is 8.97. The van der Waals surface area contributed by atoms with Gasteiger partial charge in [0, 0.05) is 0 Å². The van der Waals surface area contributed by atoms with Gasteiger partial charge in [0.1, 0.15) is 6.04 Å². The van der Waals surface area contributed by atoms with Crippen molar-refractivity contribution in [2.24, 2.45) is 5.92 Å². The van der Waals surface area contributed by atoms with Gasteiger partial charge >= 0.3 is 5.22 Å². The molecule has 1 heterocycles. The maximum absolute atomic E-state index is 12.6. The smallest absolute Gasteiger partial charge is 0.335 e. The van der Waals surface area contributed by atoms with E-state index in [4.69, 9.17) is 4.42 Å². The van der Waals surface area contributed by atoms with Crippen molar-refractivity contribution < 1.29 is 17.6 Å². The molecule has 0 radical (unpaired) electrons. The lowest BCUT2D eigenvalue weighted by Gasteiger charge is -2.18. The first-order valence-corrected chi connectivity index (χ1v) is 10.9. The van der Waals surface area contributed by atoms with Gasteiger partial charge in [-0.1, -0.05) is 79.6 Å². The van der Waals surface area contributed by atoms with Gasteiger partial charge in [-0.2, -0.15) is 0 Å². The molecule has 0 aliphatic heterocycles. The number of carbonyl (C=O) groups is 1. The van der Waals surface area contributed by atoms with Gasteiger partial charge in [-0.25, -0.2) is 8.42 Å². The van der Waals surface area contributed by atoms with Crippen LogP contribution in [0.4, 0.5) is 0 Å². The minimum atomic E-state index is -3.78. The first-order valence-electron chi connectivity index (χ1n) is 9.28. The lowest BCUT2D eigenvalue weighted by Crippen LogP contribution is -2.33. The van der Waals surface area contributed by atoms with Crippen LogP contribution < -0.4 is 5.32 Å². The Kier molecular flexibility index (Phi) is 6.43. The largest absolute Gasteiger partial charge is 0.410 e. The molecule has 0 spiro atoms. The van der Waals surface area contributed by atoms with Crippen LogP contribution in [0.15, 0.2) is 70.3 Å². The fourth-order valence-corrected chi connectivity index (χ4v) is 3.98. The van der Waals surface area contributed by atoms with Crippen molar-refractivity contribution in [1.82, 2.24) is 15.5 Å². The summed E-state index contributed by atoms with van der Waals surface area (Å²) >= 11 is 0. The molecule has 3 rings (SSSR count). The Labute approximate surface area is 170 Å². The molecule has 0 unspecified atom stereocenters. The average molecular weight is 413 g/mol. The molecule has 1 aromatic heterocycles. The SMILES string of the molecule is CC(C)[C@H](NC(=O)Cc1ccccc1)c1nnc(S(=O)(=O)Cc2ccccc2)o1. The molecule has 1 amide bonds. The predicted octanol–water partition coefficient (Wildman–Crippen LogP) is 3.10. The van der Waals surface area contributed by atoms with E-state index in [1.807, 2.05) is 50.2 Å². The van der Waals surface area contributed by atoms with Crippen LogP contribution in [0, 0.1) is 5.92 Å². The van der Waals surface area contributed by atoms with Gasteiger partial charge in [0.2, 0.25) is 21.6 Å². The molecule has 0 saturated heterocycles. The summed E-state index contributed by atoms with van der Waals surface area (Å²) in [7, 11) is -3.78. The van der Waals surface area contributed by atoms with Gasteiger partial charge in [0.15, 0.2) is 0 Å². The molecule has 0 fully saturated rings. The summed E-state index contributed by atoms with van der Waals surface area (Å²) < 4.78 is 30.6. The number of benzene rings is 2. The molecule has 0 aliphatic carbocycles. The van der Waals surface area contributed by atoms with Crippen molar-refractivity contribution in [2.75, 3.05) is 0 Å². The second kappa shape index (κ2) is 9.00. The molecule has 1 atom stereocenters. The van der Waals surface area contributed by atoms with Gasteiger partial charge < -0.3 is 9.73 Å². The number of hydrogen-bond donors (Lipinski definition) is 1. The molecule has 0 bridgehead atoms. The van der Waals surface area contributed by atoms with E-state index in [1.165, 1.54) is 0 Å². The van der Waals surface area contributed by atoms with Crippen LogP contribution >= 0.6 is 0 Å². The number of hydrogen-bond acceptors (Lipinski definition) is 6. The van der Waals surface area contributed by atoms with E-state index in [2.05, 4.69) is 15.5 Å². The summed E-state index contributed by atoms with van der Waals surface area (Å²) in [6.07, 6.45) is 0.206. The maximum atomic E-state index is 12.6. The highest BCUT2D eigenvalue weighted by Crippen LogP contribution is 2.23. The number of rotatable bonds is 8. The van der Waals surface area contributed by atoms with E-state index in [1.54, 1.807) is 24.3 Å². The third-order valence-electron chi connectivity index (χ3n) is 4.34. The first-order chi connectivity index (χ1) is 13.8. The van der Waals surface area contributed by atoms with Gasteiger partial charge in [-0.05, 0) is 17.0 Å². The number of nitrogens with one attached hydrogen (secondary N) is 1. The Morgan fingerprint density at radius 3 is 2.14 bits per heavy atom. The van der Waals surface area contributed by atoms with Gasteiger partial charge in [-0.3, -0.25) is 4.79 Å². The van der Waals surface area contributed by atoms with Crippen molar-refractivity contribution in [3.63, 3.8) is 0 Å². The molecule has 7 nitrogen and oxygen atoms in total. The summed E-state index contributed by atoms with van der Waals surface area (Å²) in [6, 6.07) is 17.5. The Morgan fingerprint density at radius 2 is 1.55 bits per heavy atom. The van der Waals surface area contributed by atoms with Crippen molar-refractivity contribution in [3.05, 3.63) is 77.7 Å². The number of amides is 1. The number of aromatic nitrogens is 2. The van der Waals surface area contributed by atoms with E-state index >= 15 is 0 Å². The number of nitrogens with zero attached hydrogens (tertiary/aromatic N) is 2. The molecular formula is C21H23N3O4S. The number of sulfone groups is 1. The quantitative estimate of drug-likeness (QED) is 0.609. The fourth-order valence-electron chi connectivity index (χ4n) is 2.85. The van der Waals surface area contributed by atoms with Gasteiger partial charge in [0.05, 0.1) is 12.2 Å². The van der Waals surface area contributed by atoms with Crippen molar-refractivity contribution in [1.29, 1.82) is 0 Å². The summed E-state index contributed by atoms with van der Waals surface area (Å²) in [4.78, 5) is 12.4. The highest BCUT2D eigenvalue weighted by Gasteiger charge is 2.28. The summed E-state index contributed by atoms with van der Waals surface area (Å²) in [6.45, 7) is 3.77. The molecule has 0 aliphatic rings. The Balaban J connectivity index is 1.74. The van der Waals surface area contributed by atoms with E-state index in [9.17, 15) is 13.2 Å². The fraction of sp³-hybridized carbons (Fsp3) is 0.286. The van der Waals surface area contributed by atoms with Crippen LogP contribution in [0.1, 0.15) is 36.9 Å². The third-order valence-corrected chi connectivity index (χ3v) is 5.75. The molecular weight excluding hydrogens is 390 g/mol. The zero-order chi connectivity index (χ0) is 20.9. The van der Waals surface area contributed by atoms with Crippen LogP contribution in [0.5, 0.6) is 0 Å². The normalized spacial score (nSPS) is 12.7. The molecule has 0 saturated carbocycles. The Hall–Kier alpha value is -3.00. The van der Waals surface area contributed by atoms with Crippen molar-refractivity contribution in [3.8, 4) is 0 Å². The lowest BCUT2D eigenvalue weighted by atomic mass is 10.0. The van der Waals surface area contributed by atoms with Crippen molar-refractivity contribution in [2.45, 2.75) is 37.3 Å². The van der Waals surface area contributed by atoms with Crippen LogP contribution in [-0.4, -0.2) is 24.5 Å². The molecule has 2 aromatic carbocycles.